The number of likely N-dealkylation sites (tertiary alicyclic amines) is 1. The lowest BCUT2D eigenvalue weighted by atomic mass is 10.2. The maximum Gasteiger partial charge on any atom is 0.327 e. The Bertz CT molecular complexity index is 310. The first-order valence-electron chi connectivity index (χ1n) is 5.45. The van der Waals surface area contributed by atoms with Gasteiger partial charge in [-0.25, -0.2) is 9.59 Å². The molecule has 0 aromatic carbocycles. The van der Waals surface area contributed by atoms with Crippen LogP contribution in [0.4, 0.5) is 4.79 Å². The number of carboxylic acids is 1. The molecule has 2 amide bonds. The van der Waals surface area contributed by atoms with Gasteiger partial charge in [-0.1, -0.05) is 6.92 Å². The molecule has 0 saturated carbocycles. The van der Waals surface area contributed by atoms with E-state index in [1.807, 2.05) is 0 Å². The quantitative estimate of drug-likeness (QED) is 0.744. The predicted octanol–water partition coefficient (Wildman–Crippen LogP) is 0.908. The summed E-state index contributed by atoms with van der Waals surface area (Å²) in [5.41, 5.74) is 0. The molecule has 2 aliphatic rings. The molecule has 1 N–H and O–H groups in total. The molecule has 2 unspecified atom stereocenters. The minimum atomic E-state index is -0.898. The summed E-state index contributed by atoms with van der Waals surface area (Å²) >= 11 is 1.50. The Morgan fingerprint density at radius 2 is 2.19 bits per heavy atom. The number of aliphatic carboxylic acids is 1. The van der Waals surface area contributed by atoms with Crippen molar-refractivity contribution >= 4 is 23.8 Å². The first-order valence-corrected chi connectivity index (χ1v) is 6.61. The van der Waals surface area contributed by atoms with Crippen LogP contribution in [0.1, 0.15) is 13.3 Å². The second-order valence-electron chi connectivity index (χ2n) is 4.45. The summed E-state index contributed by atoms with van der Waals surface area (Å²) < 4.78 is 0. The fraction of sp³-hybridized carbons (Fsp3) is 0.800. The van der Waals surface area contributed by atoms with Crippen molar-refractivity contribution in [1.29, 1.82) is 0 Å². The molecule has 2 fully saturated rings. The van der Waals surface area contributed by atoms with Gasteiger partial charge < -0.3 is 14.9 Å². The van der Waals surface area contributed by atoms with E-state index >= 15 is 0 Å². The van der Waals surface area contributed by atoms with Crippen molar-refractivity contribution in [2.45, 2.75) is 19.4 Å². The van der Waals surface area contributed by atoms with Gasteiger partial charge in [0.05, 0.1) is 5.88 Å². The van der Waals surface area contributed by atoms with Crippen LogP contribution in [0.3, 0.4) is 0 Å². The normalized spacial score (nSPS) is 29.8. The summed E-state index contributed by atoms with van der Waals surface area (Å²) in [4.78, 5) is 26.3. The average molecular weight is 244 g/mol. The molecule has 16 heavy (non-hydrogen) atoms. The molecule has 6 heteroatoms. The standard InChI is InChI=1S/C10H16N2O3S/c1-7-2-3-11(4-7)10(15)12-6-16-5-8(12)9(13)14/h7-8H,2-6H2,1H3,(H,13,14). The predicted molar refractivity (Wildman–Crippen MR) is 61.3 cm³/mol. The molecule has 2 heterocycles. The number of carboxylic acid groups (broad SMARTS) is 1. The molecule has 90 valence electrons. The summed E-state index contributed by atoms with van der Waals surface area (Å²) in [5.74, 6) is 0.638. The lowest BCUT2D eigenvalue weighted by Crippen LogP contribution is -2.48. The molecular formula is C10H16N2O3S. The highest BCUT2D eigenvalue weighted by molar-refractivity contribution is 7.99. The van der Waals surface area contributed by atoms with Gasteiger partial charge in [-0.3, -0.25) is 0 Å². The zero-order valence-electron chi connectivity index (χ0n) is 9.26. The summed E-state index contributed by atoms with van der Waals surface area (Å²) in [7, 11) is 0. The Morgan fingerprint density at radius 1 is 1.44 bits per heavy atom. The average Bonchev–Trinajstić information content (AvgIpc) is 2.84. The third kappa shape index (κ3) is 2.11. The lowest BCUT2D eigenvalue weighted by Gasteiger charge is -2.26. The molecule has 0 aliphatic carbocycles. The molecule has 0 aromatic heterocycles. The highest BCUT2D eigenvalue weighted by Crippen LogP contribution is 2.25. The van der Waals surface area contributed by atoms with Gasteiger partial charge >= 0.3 is 12.0 Å². The summed E-state index contributed by atoms with van der Waals surface area (Å²) in [5, 5.41) is 9.00. The second-order valence-corrected chi connectivity index (χ2v) is 5.45. The maximum atomic E-state index is 12.1. The monoisotopic (exact) mass is 244 g/mol. The van der Waals surface area contributed by atoms with E-state index in [0.29, 0.717) is 17.5 Å². The van der Waals surface area contributed by atoms with E-state index in [9.17, 15) is 9.59 Å². The summed E-state index contributed by atoms with van der Waals surface area (Å²) in [6.07, 6.45) is 1.02. The van der Waals surface area contributed by atoms with Crippen molar-refractivity contribution in [2.24, 2.45) is 5.92 Å². The molecule has 5 nitrogen and oxygen atoms in total. The molecule has 0 spiro atoms. The van der Waals surface area contributed by atoms with E-state index < -0.39 is 12.0 Å². The van der Waals surface area contributed by atoms with Crippen LogP contribution in [0.15, 0.2) is 0 Å². The summed E-state index contributed by atoms with van der Waals surface area (Å²) in [6.45, 7) is 3.63. The number of hydrogen-bond donors (Lipinski definition) is 1. The molecule has 2 rings (SSSR count). The van der Waals surface area contributed by atoms with Crippen LogP contribution in [0, 0.1) is 5.92 Å². The van der Waals surface area contributed by atoms with E-state index in [-0.39, 0.29) is 6.03 Å². The van der Waals surface area contributed by atoms with E-state index in [0.717, 1.165) is 19.5 Å². The number of urea groups is 1. The summed E-state index contributed by atoms with van der Waals surface area (Å²) in [6, 6.07) is -0.754. The molecule has 2 atom stereocenters. The number of hydrogen-bond acceptors (Lipinski definition) is 3. The van der Waals surface area contributed by atoms with Crippen LogP contribution in [-0.2, 0) is 4.79 Å². The van der Waals surface area contributed by atoms with Gasteiger partial charge in [0.2, 0.25) is 0 Å². The molecular weight excluding hydrogens is 228 g/mol. The third-order valence-corrected chi connectivity index (χ3v) is 4.12. The lowest BCUT2D eigenvalue weighted by molar-refractivity contribution is -0.140. The van der Waals surface area contributed by atoms with Crippen molar-refractivity contribution in [1.82, 2.24) is 9.80 Å². The fourth-order valence-corrected chi connectivity index (χ4v) is 3.26. The van der Waals surface area contributed by atoms with Gasteiger partial charge in [0.1, 0.15) is 6.04 Å². The van der Waals surface area contributed by atoms with Crippen molar-refractivity contribution in [3.8, 4) is 0 Å². The largest absolute Gasteiger partial charge is 0.480 e. The van der Waals surface area contributed by atoms with Gasteiger partial charge in [0.15, 0.2) is 0 Å². The van der Waals surface area contributed by atoms with Crippen LogP contribution in [-0.4, -0.2) is 57.7 Å². The third-order valence-electron chi connectivity index (χ3n) is 3.11. The highest BCUT2D eigenvalue weighted by Gasteiger charge is 2.38. The Hall–Kier alpha value is -0.910. The highest BCUT2D eigenvalue weighted by atomic mass is 32.2. The van der Waals surface area contributed by atoms with Crippen LogP contribution in [0.5, 0.6) is 0 Å². The number of carbonyl (C=O) groups is 2. The van der Waals surface area contributed by atoms with Crippen molar-refractivity contribution in [3.05, 3.63) is 0 Å². The van der Waals surface area contributed by atoms with E-state index in [1.165, 1.54) is 16.7 Å². The molecule has 0 radical (unpaired) electrons. The van der Waals surface area contributed by atoms with Crippen LogP contribution in [0.2, 0.25) is 0 Å². The molecule has 2 saturated heterocycles. The first kappa shape index (κ1) is 11.6. The zero-order chi connectivity index (χ0) is 11.7. The topological polar surface area (TPSA) is 60.9 Å². The van der Waals surface area contributed by atoms with Gasteiger partial charge in [-0.2, -0.15) is 0 Å². The van der Waals surface area contributed by atoms with E-state index in [1.54, 1.807) is 4.90 Å². The Balaban J connectivity index is 2.01. The van der Waals surface area contributed by atoms with E-state index in [2.05, 4.69) is 6.92 Å². The molecule has 0 bridgehead atoms. The smallest absolute Gasteiger partial charge is 0.327 e. The van der Waals surface area contributed by atoms with Gasteiger partial charge in [-0.05, 0) is 12.3 Å². The van der Waals surface area contributed by atoms with E-state index in [4.69, 9.17) is 5.11 Å². The van der Waals surface area contributed by atoms with Crippen molar-refractivity contribution in [2.75, 3.05) is 24.7 Å². The minimum Gasteiger partial charge on any atom is -0.480 e. The van der Waals surface area contributed by atoms with Crippen molar-refractivity contribution in [3.63, 3.8) is 0 Å². The SMILES string of the molecule is CC1CCN(C(=O)N2CSCC2C(=O)O)C1. The van der Waals surface area contributed by atoms with Gasteiger partial charge in [-0.15, -0.1) is 11.8 Å². The Kier molecular flexibility index (Phi) is 3.28. The first-order chi connectivity index (χ1) is 7.59. The number of carbonyl (C=O) groups excluding carboxylic acids is 1. The minimum absolute atomic E-state index is 0.109. The van der Waals surface area contributed by atoms with Crippen LogP contribution < -0.4 is 0 Å². The number of nitrogens with zero attached hydrogens (tertiary/aromatic N) is 2. The second kappa shape index (κ2) is 4.53. The van der Waals surface area contributed by atoms with Crippen LogP contribution in [0.25, 0.3) is 0 Å². The molecule has 2 aliphatic heterocycles. The zero-order valence-corrected chi connectivity index (χ0v) is 10.1. The Labute approximate surface area is 98.8 Å². The van der Waals surface area contributed by atoms with Gasteiger partial charge in [0, 0.05) is 18.8 Å². The Morgan fingerprint density at radius 3 is 2.75 bits per heavy atom. The maximum absolute atomic E-state index is 12.1. The van der Waals surface area contributed by atoms with Crippen LogP contribution >= 0.6 is 11.8 Å². The fourth-order valence-electron chi connectivity index (χ4n) is 2.13. The molecule has 0 aromatic rings. The number of thioether (sulfide) groups is 1. The number of amides is 2. The number of rotatable bonds is 1. The van der Waals surface area contributed by atoms with Crippen molar-refractivity contribution < 1.29 is 14.7 Å². The van der Waals surface area contributed by atoms with Gasteiger partial charge in [0.25, 0.3) is 0 Å².